The van der Waals surface area contributed by atoms with Crippen LogP contribution in [0.25, 0.3) is 0 Å². The number of aliphatic carboxylic acids is 1. The Kier molecular flexibility index (Phi) is 4.06. The number of carboxylic acids is 1. The largest absolute Gasteiger partial charge is 0.478 e. The van der Waals surface area contributed by atoms with Crippen molar-refractivity contribution in [1.82, 2.24) is 0 Å². The number of rotatable bonds is 3. The Hall–Kier alpha value is -2.25. The molecule has 0 aromatic heterocycles. The molecule has 8 heteroatoms. The van der Waals surface area contributed by atoms with Crippen LogP contribution in [0.3, 0.4) is 0 Å². The van der Waals surface area contributed by atoms with Crippen molar-refractivity contribution in [1.29, 1.82) is 0 Å². The van der Waals surface area contributed by atoms with E-state index in [9.17, 15) is 22.8 Å². The molecule has 1 aromatic rings. The Morgan fingerprint density at radius 2 is 2.00 bits per heavy atom. The van der Waals surface area contributed by atoms with Crippen LogP contribution in [0.2, 0.25) is 0 Å². The van der Waals surface area contributed by atoms with Crippen LogP contribution in [0.15, 0.2) is 24.3 Å². The molecule has 1 aliphatic heterocycles. The monoisotopic (exact) mass is 303 g/mol. The van der Waals surface area contributed by atoms with Crippen molar-refractivity contribution in [2.45, 2.75) is 25.1 Å². The number of nitrogens with zero attached hydrogens (tertiary/aromatic N) is 1. The molecule has 1 amide bonds. The second-order valence-corrected chi connectivity index (χ2v) is 4.53. The van der Waals surface area contributed by atoms with Crippen molar-refractivity contribution < 1.29 is 32.6 Å². The van der Waals surface area contributed by atoms with Crippen molar-refractivity contribution in [2.24, 2.45) is 0 Å². The summed E-state index contributed by atoms with van der Waals surface area (Å²) < 4.78 is 41.8. The van der Waals surface area contributed by atoms with Gasteiger partial charge in [0.1, 0.15) is 5.75 Å². The van der Waals surface area contributed by atoms with Gasteiger partial charge in [-0.3, -0.25) is 4.79 Å². The van der Waals surface area contributed by atoms with Crippen LogP contribution in [0.4, 0.5) is 18.9 Å². The molecule has 0 fully saturated rings. The fraction of sp³-hybridized carbons (Fsp3) is 0.385. The molecule has 1 N–H and O–H groups in total. The first kappa shape index (κ1) is 15.1. The number of carbonyl (C=O) groups is 2. The highest BCUT2D eigenvalue weighted by Gasteiger charge is 2.35. The van der Waals surface area contributed by atoms with Gasteiger partial charge in [0.15, 0.2) is 0 Å². The lowest BCUT2D eigenvalue weighted by Crippen LogP contribution is -2.47. The van der Waals surface area contributed by atoms with Gasteiger partial charge in [0.2, 0.25) is 12.0 Å². The van der Waals surface area contributed by atoms with Crippen molar-refractivity contribution in [3.05, 3.63) is 24.3 Å². The number of benzene rings is 1. The average Bonchev–Trinajstić information content (AvgIpc) is 2.42. The van der Waals surface area contributed by atoms with Crippen LogP contribution < -0.4 is 9.64 Å². The van der Waals surface area contributed by atoms with Crippen LogP contribution >= 0.6 is 0 Å². The van der Waals surface area contributed by atoms with Gasteiger partial charge < -0.3 is 14.7 Å². The predicted molar refractivity (Wildman–Crippen MR) is 66.1 cm³/mol. The van der Waals surface area contributed by atoms with E-state index in [1.54, 1.807) is 12.1 Å². The molecule has 0 spiro atoms. The van der Waals surface area contributed by atoms with E-state index in [1.165, 1.54) is 12.1 Å². The molecular weight excluding hydrogens is 291 g/mol. The van der Waals surface area contributed by atoms with Crippen LogP contribution in [-0.2, 0) is 9.59 Å². The number of ether oxygens (including phenoxy) is 1. The Bertz CT molecular complexity index is 559. The molecule has 0 radical (unpaired) electrons. The molecule has 0 saturated carbocycles. The fourth-order valence-corrected chi connectivity index (χ4v) is 1.98. The van der Waals surface area contributed by atoms with Crippen LogP contribution in [0.1, 0.15) is 12.8 Å². The maximum Gasteiger partial charge on any atom is 0.389 e. The number of hydrogen-bond donors (Lipinski definition) is 1. The summed E-state index contributed by atoms with van der Waals surface area (Å²) >= 11 is 0. The average molecular weight is 303 g/mol. The van der Waals surface area contributed by atoms with Gasteiger partial charge in [0, 0.05) is 6.42 Å². The van der Waals surface area contributed by atoms with Crippen LogP contribution in [-0.4, -0.2) is 35.8 Å². The van der Waals surface area contributed by atoms with E-state index in [4.69, 9.17) is 9.84 Å². The first-order valence-electron chi connectivity index (χ1n) is 6.13. The Balaban J connectivity index is 2.21. The number of hydrogen-bond acceptors (Lipinski definition) is 3. The van der Waals surface area contributed by atoms with Gasteiger partial charge in [-0.05, 0) is 12.1 Å². The Morgan fingerprint density at radius 1 is 1.33 bits per heavy atom. The lowest BCUT2D eigenvalue weighted by atomic mass is 10.1. The number of anilines is 1. The summed E-state index contributed by atoms with van der Waals surface area (Å²) in [4.78, 5) is 24.0. The number of carbonyl (C=O) groups excluding carboxylic acids is 1. The molecule has 1 aromatic carbocycles. The topological polar surface area (TPSA) is 66.8 Å². The molecule has 1 atom stereocenters. The summed E-state index contributed by atoms with van der Waals surface area (Å²) in [5.74, 6) is -1.90. The maximum absolute atomic E-state index is 12.2. The maximum atomic E-state index is 12.2. The molecule has 21 heavy (non-hydrogen) atoms. The zero-order valence-electron chi connectivity index (χ0n) is 10.8. The minimum atomic E-state index is -4.44. The normalized spacial score (nSPS) is 17.9. The second kappa shape index (κ2) is 5.63. The highest BCUT2D eigenvalue weighted by molar-refractivity contribution is 5.96. The number of alkyl halides is 3. The summed E-state index contributed by atoms with van der Waals surface area (Å²) in [5, 5.41) is 8.98. The lowest BCUT2D eigenvalue weighted by molar-refractivity contribution is -0.146. The molecular formula is C13H12F3NO4. The van der Waals surface area contributed by atoms with Crippen molar-refractivity contribution >= 4 is 17.6 Å². The van der Waals surface area contributed by atoms with Crippen molar-refractivity contribution in [3.63, 3.8) is 0 Å². The molecule has 114 valence electrons. The minimum absolute atomic E-state index is 0.163. The molecule has 0 saturated heterocycles. The Labute approximate surface area is 117 Å². The molecule has 1 heterocycles. The number of fused-ring (bicyclic) bond motifs is 1. The number of para-hydroxylation sites is 2. The number of halogens is 3. The van der Waals surface area contributed by atoms with Crippen molar-refractivity contribution in [3.8, 4) is 5.75 Å². The highest BCUT2D eigenvalue weighted by Crippen LogP contribution is 2.34. The summed E-state index contributed by atoms with van der Waals surface area (Å²) in [5.41, 5.74) is 0.280. The molecule has 0 bridgehead atoms. The molecule has 2 rings (SSSR count). The summed E-state index contributed by atoms with van der Waals surface area (Å²) in [7, 11) is 0. The van der Waals surface area contributed by atoms with Gasteiger partial charge in [0.05, 0.1) is 18.7 Å². The predicted octanol–water partition coefficient (Wildman–Crippen LogP) is 2.21. The van der Waals surface area contributed by atoms with Gasteiger partial charge in [-0.2, -0.15) is 13.2 Å². The Morgan fingerprint density at radius 3 is 2.62 bits per heavy atom. The lowest BCUT2D eigenvalue weighted by Gasteiger charge is -2.33. The van der Waals surface area contributed by atoms with E-state index in [0.717, 1.165) is 4.90 Å². The van der Waals surface area contributed by atoms with E-state index in [-0.39, 0.29) is 18.0 Å². The van der Waals surface area contributed by atoms with Gasteiger partial charge in [0.25, 0.3) is 0 Å². The standard InChI is InChI=1S/C13H12F3NO4/c14-13(15,16)6-5-11(18)17-7-10(12(19)20)21-9-4-2-1-3-8(9)17/h1-4,10H,5-7H2,(H,19,20). The third-order valence-corrected chi connectivity index (χ3v) is 2.97. The molecule has 1 aliphatic rings. The first-order valence-corrected chi connectivity index (χ1v) is 6.13. The van der Waals surface area contributed by atoms with Crippen molar-refractivity contribution in [2.75, 3.05) is 11.4 Å². The minimum Gasteiger partial charge on any atom is -0.478 e. The second-order valence-electron chi connectivity index (χ2n) is 4.53. The van der Waals surface area contributed by atoms with E-state index < -0.39 is 37.0 Å². The first-order chi connectivity index (χ1) is 9.78. The summed E-state index contributed by atoms with van der Waals surface area (Å²) in [6.07, 6.45) is -7.71. The van der Waals surface area contributed by atoms with Crippen LogP contribution in [0, 0.1) is 0 Å². The summed E-state index contributed by atoms with van der Waals surface area (Å²) in [6.45, 7) is -0.316. The fourth-order valence-electron chi connectivity index (χ4n) is 1.98. The zero-order valence-corrected chi connectivity index (χ0v) is 10.8. The van der Waals surface area contributed by atoms with Crippen LogP contribution in [0.5, 0.6) is 5.75 Å². The molecule has 5 nitrogen and oxygen atoms in total. The van der Waals surface area contributed by atoms with E-state index >= 15 is 0 Å². The van der Waals surface area contributed by atoms with Gasteiger partial charge in [-0.15, -0.1) is 0 Å². The molecule has 0 aliphatic carbocycles. The quantitative estimate of drug-likeness (QED) is 0.929. The van der Waals surface area contributed by atoms with Gasteiger partial charge in [-0.1, -0.05) is 12.1 Å². The number of amides is 1. The van der Waals surface area contributed by atoms with Gasteiger partial charge >= 0.3 is 12.1 Å². The van der Waals surface area contributed by atoms with E-state index in [1.807, 2.05) is 0 Å². The smallest absolute Gasteiger partial charge is 0.389 e. The third kappa shape index (κ3) is 3.65. The third-order valence-electron chi connectivity index (χ3n) is 2.97. The van der Waals surface area contributed by atoms with Gasteiger partial charge in [-0.25, -0.2) is 4.79 Å². The summed E-state index contributed by atoms with van der Waals surface area (Å²) in [6, 6.07) is 6.14. The molecule has 1 unspecified atom stereocenters. The van der Waals surface area contributed by atoms with E-state index in [0.29, 0.717) is 0 Å². The highest BCUT2D eigenvalue weighted by atomic mass is 19.4. The van der Waals surface area contributed by atoms with E-state index in [2.05, 4.69) is 0 Å². The SMILES string of the molecule is O=C(O)C1CN(C(=O)CCC(F)(F)F)c2ccccc2O1. The zero-order chi connectivity index (χ0) is 15.6. The number of carboxylic acid groups (broad SMARTS) is 1.